The van der Waals surface area contributed by atoms with Crippen LogP contribution < -0.4 is 10.1 Å². The number of hydrogen-bond acceptors (Lipinski definition) is 3. The van der Waals surface area contributed by atoms with Crippen molar-refractivity contribution in [1.29, 1.82) is 0 Å². The summed E-state index contributed by atoms with van der Waals surface area (Å²) in [5.41, 5.74) is 1.31. The molecule has 19 heavy (non-hydrogen) atoms. The van der Waals surface area contributed by atoms with Crippen molar-refractivity contribution in [3.05, 3.63) is 29.8 Å². The topological polar surface area (TPSA) is 24.5 Å². The lowest BCUT2D eigenvalue weighted by Crippen LogP contribution is -2.42. The van der Waals surface area contributed by atoms with Gasteiger partial charge in [0.1, 0.15) is 5.75 Å². The van der Waals surface area contributed by atoms with Gasteiger partial charge in [0.05, 0.1) is 7.11 Å². The number of methoxy groups -OCH3 is 1. The zero-order valence-electron chi connectivity index (χ0n) is 12.2. The van der Waals surface area contributed by atoms with Gasteiger partial charge in [0.15, 0.2) is 0 Å². The van der Waals surface area contributed by atoms with Crippen molar-refractivity contribution in [2.45, 2.75) is 38.8 Å². The number of nitrogens with one attached hydrogen (secondary N) is 1. The second kappa shape index (κ2) is 7.51. The van der Waals surface area contributed by atoms with Crippen molar-refractivity contribution < 1.29 is 4.74 Å². The Morgan fingerprint density at radius 1 is 1.16 bits per heavy atom. The zero-order valence-corrected chi connectivity index (χ0v) is 12.2. The van der Waals surface area contributed by atoms with E-state index in [0.29, 0.717) is 6.04 Å². The first-order valence-corrected chi connectivity index (χ1v) is 7.37. The average Bonchev–Trinajstić information content (AvgIpc) is 2.49. The normalized spacial score (nSPS) is 18.2. The summed E-state index contributed by atoms with van der Waals surface area (Å²) in [6, 6.07) is 8.92. The number of ether oxygens (including phenoxy) is 1. The summed E-state index contributed by atoms with van der Waals surface area (Å²) in [7, 11) is 1.70. The molecular weight excluding hydrogens is 236 g/mol. The van der Waals surface area contributed by atoms with Crippen LogP contribution in [-0.2, 0) is 6.54 Å². The molecule has 1 aliphatic rings. The Balaban J connectivity index is 1.69. The van der Waals surface area contributed by atoms with Crippen molar-refractivity contribution in [2.24, 2.45) is 0 Å². The summed E-state index contributed by atoms with van der Waals surface area (Å²) >= 11 is 0. The van der Waals surface area contributed by atoms with Gasteiger partial charge < -0.3 is 10.1 Å². The van der Waals surface area contributed by atoms with Crippen LogP contribution in [0.15, 0.2) is 24.3 Å². The van der Waals surface area contributed by atoms with E-state index in [-0.39, 0.29) is 0 Å². The summed E-state index contributed by atoms with van der Waals surface area (Å²) < 4.78 is 5.16. The molecule has 3 heteroatoms. The molecule has 0 saturated carbocycles. The highest BCUT2D eigenvalue weighted by atomic mass is 16.5. The number of rotatable bonds is 6. The Kier molecular flexibility index (Phi) is 5.67. The Hall–Kier alpha value is -1.06. The third-order valence-corrected chi connectivity index (χ3v) is 3.94. The molecule has 0 bridgehead atoms. The fourth-order valence-corrected chi connectivity index (χ4v) is 2.66. The number of nitrogens with zero attached hydrogens (tertiary/aromatic N) is 1. The summed E-state index contributed by atoms with van der Waals surface area (Å²) in [6.45, 7) is 6.86. The quantitative estimate of drug-likeness (QED) is 0.853. The van der Waals surface area contributed by atoms with Crippen molar-refractivity contribution >= 4 is 0 Å². The highest BCUT2D eigenvalue weighted by Gasteiger charge is 2.15. The average molecular weight is 262 g/mol. The minimum atomic E-state index is 0.638. The maximum absolute atomic E-state index is 5.16. The molecule has 1 aromatic rings. The SMILES string of the molecule is COc1ccc(CNCC(C)N2CCCCC2)cc1. The number of piperidine rings is 1. The smallest absolute Gasteiger partial charge is 0.118 e. The van der Waals surface area contributed by atoms with Gasteiger partial charge in [0.2, 0.25) is 0 Å². The van der Waals surface area contributed by atoms with Crippen LogP contribution in [0.1, 0.15) is 31.7 Å². The van der Waals surface area contributed by atoms with Crippen molar-refractivity contribution in [3.8, 4) is 5.75 Å². The third-order valence-electron chi connectivity index (χ3n) is 3.94. The van der Waals surface area contributed by atoms with Crippen LogP contribution in [0, 0.1) is 0 Å². The molecule has 1 N–H and O–H groups in total. The van der Waals surface area contributed by atoms with Gasteiger partial charge in [-0.2, -0.15) is 0 Å². The molecule has 1 aromatic carbocycles. The summed E-state index contributed by atoms with van der Waals surface area (Å²) in [4.78, 5) is 2.60. The van der Waals surface area contributed by atoms with E-state index in [9.17, 15) is 0 Å². The van der Waals surface area contributed by atoms with E-state index >= 15 is 0 Å². The van der Waals surface area contributed by atoms with Crippen LogP contribution in [0.2, 0.25) is 0 Å². The van der Waals surface area contributed by atoms with Gasteiger partial charge >= 0.3 is 0 Å². The van der Waals surface area contributed by atoms with Gasteiger partial charge in [-0.25, -0.2) is 0 Å². The van der Waals surface area contributed by atoms with E-state index in [2.05, 4.69) is 29.3 Å². The molecule has 1 unspecified atom stereocenters. The molecule has 0 spiro atoms. The van der Waals surface area contributed by atoms with Crippen LogP contribution in [0.5, 0.6) is 5.75 Å². The molecule has 0 aromatic heterocycles. The maximum atomic E-state index is 5.16. The number of likely N-dealkylation sites (tertiary alicyclic amines) is 1. The van der Waals surface area contributed by atoms with Crippen LogP contribution >= 0.6 is 0 Å². The van der Waals surface area contributed by atoms with Crippen molar-refractivity contribution in [1.82, 2.24) is 10.2 Å². The monoisotopic (exact) mass is 262 g/mol. The first-order chi connectivity index (χ1) is 9.29. The fraction of sp³-hybridized carbons (Fsp3) is 0.625. The maximum Gasteiger partial charge on any atom is 0.118 e. The second-order valence-corrected chi connectivity index (χ2v) is 5.42. The highest BCUT2D eigenvalue weighted by Crippen LogP contribution is 2.12. The minimum absolute atomic E-state index is 0.638. The fourth-order valence-electron chi connectivity index (χ4n) is 2.66. The second-order valence-electron chi connectivity index (χ2n) is 5.42. The Morgan fingerprint density at radius 3 is 2.47 bits per heavy atom. The first kappa shape index (κ1) is 14.4. The summed E-state index contributed by atoms with van der Waals surface area (Å²) in [5.74, 6) is 0.922. The summed E-state index contributed by atoms with van der Waals surface area (Å²) in [5, 5.41) is 3.55. The number of benzene rings is 1. The molecule has 1 heterocycles. The van der Waals surface area contributed by atoms with Gasteiger partial charge in [-0.1, -0.05) is 18.6 Å². The molecule has 1 aliphatic heterocycles. The molecule has 0 amide bonds. The van der Waals surface area contributed by atoms with Crippen LogP contribution in [0.25, 0.3) is 0 Å². The standard InChI is InChI=1S/C16H26N2O/c1-14(18-10-4-3-5-11-18)12-17-13-15-6-8-16(19-2)9-7-15/h6-9,14,17H,3-5,10-13H2,1-2H3. The molecule has 106 valence electrons. The minimum Gasteiger partial charge on any atom is -0.497 e. The predicted octanol–water partition coefficient (Wildman–Crippen LogP) is 2.66. The van der Waals surface area contributed by atoms with Crippen LogP contribution in [0.4, 0.5) is 0 Å². The molecular formula is C16H26N2O. The van der Waals surface area contributed by atoms with Gasteiger partial charge in [-0.05, 0) is 50.6 Å². The van der Waals surface area contributed by atoms with Crippen LogP contribution in [0.3, 0.4) is 0 Å². The molecule has 3 nitrogen and oxygen atoms in total. The molecule has 1 atom stereocenters. The van der Waals surface area contributed by atoms with E-state index in [1.54, 1.807) is 7.11 Å². The third kappa shape index (κ3) is 4.51. The van der Waals surface area contributed by atoms with Gasteiger partial charge in [-0.3, -0.25) is 4.90 Å². The molecule has 1 saturated heterocycles. The van der Waals surface area contributed by atoms with E-state index in [0.717, 1.165) is 18.8 Å². The summed E-state index contributed by atoms with van der Waals surface area (Å²) in [6.07, 6.45) is 4.13. The molecule has 1 fully saturated rings. The van der Waals surface area contributed by atoms with E-state index < -0.39 is 0 Å². The van der Waals surface area contributed by atoms with Gasteiger partial charge in [-0.15, -0.1) is 0 Å². The van der Waals surface area contributed by atoms with E-state index in [4.69, 9.17) is 4.74 Å². The number of hydrogen-bond donors (Lipinski definition) is 1. The lowest BCUT2D eigenvalue weighted by molar-refractivity contribution is 0.170. The van der Waals surface area contributed by atoms with Crippen molar-refractivity contribution in [2.75, 3.05) is 26.7 Å². The van der Waals surface area contributed by atoms with Gasteiger partial charge in [0, 0.05) is 19.1 Å². The van der Waals surface area contributed by atoms with Crippen molar-refractivity contribution in [3.63, 3.8) is 0 Å². The molecule has 2 rings (SSSR count). The van der Waals surface area contributed by atoms with Gasteiger partial charge in [0.25, 0.3) is 0 Å². The van der Waals surface area contributed by atoms with E-state index in [1.165, 1.54) is 37.9 Å². The highest BCUT2D eigenvalue weighted by molar-refractivity contribution is 5.26. The predicted molar refractivity (Wildman–Crippen MR) is 79.6 cm³/mol. The Morgan fingerprint density at radius 2 is 1.84 bits per heavy atom. The zero-order chi connectivity index (χ0) is 13.5. The Bertz CT molecular complexity index is 358. The lowest BCUT2D eigenvalue weighted by atomic mass is 10.1. The van der Waals surface area contributed by atoms with Crippen LogP contribution in [-0.4, -0.2) is 37.7 Å². The Labute approximate surface area is 116 Å². The van der Waals surface area contributed by atoms with E-state index in [1.807, 2.05) is 12.1 Å². The first-order valence-electron chi connectivity index (χ1n) is 7.37. The largest absolute Gasteiger partial charge is 0.497 e. The molecule has 0 radical (unpaired) electrons. The lowest BCUT2D eigenvalue weighted by Gasteiger charge is -2.32. The molecule has 0 aliphatic carbocycles.